The molecule has 0 aliphatic carbocycles. The maximum Gasteiger partial charge on any atom is 0.0501 e. The minimum Gasteiger partial charge on any atom is -0.320 e. The van der Waals surface area contributed by atoms with E-state index in [-0.39, 0.29) is 8.80 Å². The van der Waals surface area contributed by atoms with Gasteiger partial charge < -0.3 is 5.32 Å². The largest absolute Gasteiger partial charge is 0.320 e. The molecule has 1 unspecified atom stereocenters. The highest BCUT2D eigenvalue weighted by Gasteiger charge is 2.02. The van der Waals surface area contributed by atoms with E-state index in [0.717, 1.165) is 5.67 Å². The second-order valence-electron chi connectivity index (χ2n) is 2.32. The Hall–Kier alpha value is 0.177. The zero-order valence-electron chi connectivity index (χ0n) is 5.65. The second-order valence-corrected chi connectivity index (χ2v) is 5.81. The van der Waals surface area contributed by atoms with Gasteiger partial charge in [0, 0.05) is 0 Å². The average molecular weight is 117 g/mol. The minimum absolute atomic E-state index is 0.376. The molecule has 0 saturated carbocycles. The van der Waals surface area contributed by atoms with Gasteiger partial charge in [-0.3, -0.25) is 0 Å². The quantitative estimate of drug-likeness (QED) is 0.523. The van der Waals surface area contributed by atoms with Crippen LogP contribution in [0.4, 0.5) is 0 Å². The summed E-state index contributed by atoms with van der Waals surface area (Å²) in [4.78, 5) is 0. The van der Waals surface area contributed by atoms with Gasteiger partial charge in [-0.15, -0.1) is 0 Å². The summed E-state index contributed by atoms with van der Waals surface area (Å²) in [5.41, 5.74) is 0.792. The molecule has 0 saturated heterocycles. The predicted molar refractivity (Wildman–Crippen MR) is 37.4 cm³/mol. The lowest BCUT2D eigenvalue weighted by atomic mass is 10.7. The highest BCUT2D eigenvalue weighted by Crippen LogP contribution is 1.85. The van der Waals surface area contributed by atoms with Crippen molar-refractivity contribution in [3.63, 3.8) is 0 Å². The van der Waals surface area contributed by atoms with Gasteiger partial charge in [0.05, 0.1) is 8.80 Å². The number of hydrogen-bond acceptors (Lipinski definition) is 1. The zero-order chi connectivity index (χ0) is 5.86. The summed E-state index contributed by atoms with van der Waals surface area (Å²) in [6.45, 7) is 6.94. The van der Waals surface area contributed by atoms with Gasteiger partial charge >= 0.3 is 0 Å². The Morgan fingerprint density at radius 2 is 1.86 bits per heavy atom. The molecule has 0 rings (SSSR count). The molecule has 0 fully saturated rings. The van der Waals surface area contributed by atoms with Gasteiger partial charge in [-0.1, -0.05) is 20.0 Å². The van der Waals surface area contributed by atoms with Crippen LogP contribution < -0.4 is 5.32 Å². The topological polar surface area (TPSA) is 12.0 Å². The Balaban J connectivity index is 3.14. The Morgan fingerprint density at radius 1 is 1.43 bits per heavy atom. The van der Waals surface area contributed by atoms with Crippen LogP contribution in [0.25, 0.3) is 0 Å². The minimum atomic E-state index is -0.376. The van der Waals surface area contributed by atoms with Crippen molar-refractivity contribution in [1.29, 1.82) is 0 Å². The van der Waals surface area contributed by atoms with Crippen molar-refractivity contribution in [2.45, 2.75) is 25.7 Å². The summed E-state index contributed by atoms with van der Waals surface area (Å²) in [6, 6.07) is 0. The first-order valence-corrected chi connectivity index (χ1v) is 5.83. The van der Waals surface area contributed by atoms with Crippen LogP contribution >= 0.6 is 0 Å². The SMILES string of the molecule is CNC(C)[SiH](C)C. The Kier molecular flexibility index (Phi) is 3.30. The molecular formula is C5H15NSi. The molecule has 44 valence electrons. The third-order valence-corrected chi connectivity index (χ3v) is 3.79. The highest BCUT2D eigenvalue weighted by molar-refractivity contribution is 6.57. The fourth-order valence-corrected chi connectivity index (χ4v) is 1.00. The highest BCUT2D eigenvalue weighted by atomic mass is 28.3. The molecule has 0 spiro atoms. The third kappa shape index (κ3) is 2.82. The normalized spacial score (nSPS) is 15.0. The molecule has 1 nitrogen and oxygen atoms in total. The van der Waals surface area contributed by atoms with Gasteiger partial charge in [0.1, 0.15) is 0 Å². The molecule has 0 heterocycles. The smallest absolute Gasteiger partial charge is 0.0501 e. The van der Waals surface area contributed by atoms with Crippen molar-refractivity contribution in [2.24, 2.45) is 0 Å². The van der Waals surface area contributed by atoms with Gasteiger partial charge in [0.15, 0.2) is 0 Å². The number of rotatable bonds is 2. The maximum absolute atomic E-state index is 3.23. The first-order chi connectivity index (χ1) is 3.18. The van der Waals surface area contributed by atoms with Gasteiger partial charge in [0.2, 0.25) is 0 Å². The Bertz CT molecular complexity index is 45.3. The molecule has 0 aromatic carbocycles. The molecule has 0 radical (unpaired) electrons. The molecular weight excluding hydrogens is 102 g/mol. The van der Waals surface area contributed by atoms with Crippen LogP contribution in [-0.2, 0) is 0 Å². The van der Waals surface area contributed by atoms with E-state index < -0.39 is 0 Å². The maximum atomic E-state index is 3.23. The van der Waals surface area contributed by atoms with E-state index in [0.29, 0.717) is 0 Å². The van der Waals surface area contributed by atoms with Gasteiger partial charge in [-0.2, -0.15) is 0 Å². The molecule has 2 heteroatoms. The van der Waals surface area contributed by atoms with Gasteiger partial charge in [0.25, 0.3) is 0 Å². The lowest BCUT2D eigenvalue weighted by molar-refractivity contribution is 0.777. The fraction of sp³-hybridized carbons (Fsp3) is 1.00. The molecule has 1 N–H and O–H groups in total. The molecule has 0 aromatic heterocycles. The summed E-state index contributed by atoms with van der Waals surface area (Å²) in [5.74, 6) is 0. The van der Waals surface area contributed by atoms with Crippen molar-refractivity contribution >= 4 is 8.80 Å². The molecule has 0 bridgehead atoms. The van der Waals surface area contributed by atoms with E-state index in [1.54, 1.807) is 0 Å². The van der Waals surface area contributed by atoms with E-state index in [2.05, 4.69) is 25.3 Å². The standard InChI is InChI=1S/C5H15NSi/c1-5(6-2)7(3)4/h5-7H,1-4H3. The van der Waals surface area contributed by atoms with Crippen LogP contribution in [0.2, 0.25) is 13.1 Å². The molecule has 0 aliphatic rings. The van der Waals surface area contributed by atoms with E-state index in [4.69, 9.17) is 0 Å². The van der Waals surface area contributed by atoms with Crippen LogP contribution in [0.1, 0.15) is 6.92 Å². The van der Waals surface area contributed by atoms with Crippen molar-refractivity contribution in [2.75, 3.05) is 7.05 Å². The summed E-state index contributed by atoms with van der Waals surface area (Å²) in [7, 11) is 1.65. The van der Waals surface area contributed by atoms with Crippen molar-refractivity contribution in [1.82, 2.24) is 5.32 Å². The van der Waals surface area contributed by atoms with Crippen molar-refractivity contribution in [3.8, 4) is 0 Å². The molecule has 1 atom stereocenters. The summed E-state index contributed by atoms with van der Waals surface area (Å²) in [6.07, 6.45) is 0. The van der Waals surface area contributed by atoms with Crippen LogP contribution in [-0.4, -0.2) is 21.5 Å². The summed E-state index contributed by atoms with van der Waals surface area (Å²) < 4.78 is 0. The van der Waals surface area contributed by atoms with Crippen LogP contribution in [0, 0.1) is 0 Å². The first-order valence-electron chi connectivity index (χ1n) is 2.85. The fourth-order valence-electron chi connectivity index (χ4n) is 0.333. The second kappa shape index (κ2) is 3.21. The van der Waals surface area contributed by atoms with E-state index in [1.165, 1.54) is 0 Å². The van der Waals surface area contributed by atoms with Crippen LogP contribution in [0.5, 0.6) is 0 Å². The van der Waals surface area contributed by atoms with Crippen molar-refractivity contribution in [3.05, 3.63) is 0 Å². The first kappa shape index (κ1) is 7.18. The lowest BCUT2D eigenvalue weighted by Crippen LogP contribution is -2.33. The van der Waals surface area contributed by atoms with Gasteiger partial charge in [-0.05, 0) is 12.7 Å². The summed E-state index contributed by atoms with van der Waals surface area (Å²) >= 11 is 0. The zero-order valence-corrected chi connectivity index (χ0v) is 6.81. The van der Waals surface area contributed by atoms with Crippen LogP contribution in [0.3, 0.4) is 0 Å². The van der Waals surface area contributed by atoms with E-state index in [1.807, 2.05) is 7.05 Å². The number of nitrogens with one attached hydrogen (secondary N) is 1. The lowest BCUT2D eigenvalue weighted by Gasteiger charge is -2.11. The molecule has 0 aromatic rings. The van der Waals surface area contributed by atoms with E-state index in [9.17, 15) is 0 Å². The van der Waals surface area contributed by atoms with Crippen LogP contribution in [0.15, 0.2) is 0 Å². The van der Waals surface area contributed by atoms with Crippen molar-refractivity contribution < 1.29 is 0 Å². The molecule has 0 aliphatic heterocycles. The van der Waals surface area contributed by atoms with Gasteiger partial charge in [-0.25, -0.2) is 0 Å². The predicted octanol–water partition coefficient (Wildman–Crippen LogP) is 0.620. The number of hydrogen-bond donors (Lipinski definition) is 1. The van der Waals surface area contributed by atoms with E-state index >= 15 is 0 Å². The molecule has 0 amide bonds. The monoisotopic (exact) mass is 117 g/mol. The third-order valence-electron chi connectivity index (χ3n) is 1.46. The summed E-state index contributed by atoms with van der Waals surface area (Å²) in [5, 5.41) is 3.23. The Labute approximate surface area is 47.7 Å². The average Bonchev–Trinajstić information content (AvgIpc) is 1.65. The Morgan fingerprint density at radius 3 is 1.86 bits per heavy atom. The molecule has 7 heavy (non-hydrogen) atoms.